The van der Waals surface area contributed by atoms with E-state index in [2.05, 4.69) is 15.3 Å². The van der Waals surface area contributed by atoms with Crippen molar-refractivity contribution in [3.05, 3.63) is 12.3 Å². The van der Waals surface area contributed by atoms with Gasteiger partial charge in [0.1, 0.15) is 5.82 Å². The van der Waals surface area contributed by atoms with Crippen molar-refractivity contribution in [2.75, 3.05) is 22.6 Å². The van der Waals surface area contributed by atoms with E-state index in [-0.39, 0.29) is 23.5 Å². The summed E-state index contributed by atoms with van der Waals surface area (Å²) in [6.45, 7) is 0. The molecule has 2 rings (SSSR count). The number of nitrogens with zero attached hydrogens (tertiary/aromatic N) is 2. The van der Waals surface area contributed by atoms with Gasteiger partial charge >= 0.3 is 0 Å². The van der Waals surface area contributed by atoms with E-state index in [1.165, 1.54) is 6.20 Å². The Morgan fingerprint density at radius 1 is 1.50 bits per heavy atom. The molecule has 6 nitrogen and oxygen atoms in total. The highest BCUT2D eigenvalue weighted by Gasteiger charge is 2.33. The Morgan fingerprint density at radius 3 is 2.79 bits per heavy atom. The maximum Gasteiger partial charge on any atom is 0.221 e. The van der Waals surface area contributed by atoms with E-state index in [9.17, 15) is 8.42 Å². The molecule has 0 saturated carbocycles. The second-order valence-electron chi connectivity index (χ2n) is 3.22. The minimum atomic E-state index is -2.80. The van der Waals surface area contributed by atoms with Gasteiger partial charge in [-0.15, -0.1) is 0 Å². The summed E-state index contributed by atoms with van der Waals surface area (Å²) in [6, 6.07) is 1.61. The zero-order chi connectivity index (χ0) is 10.2. The Morgan fingerprint density at radius 2 is 2.21 bits per heavy atom. The molecule has 0 amide bonds. The lowest BCUT2D eigenvalue weighted by molar-refractivity contribution is 0.570. The fraction of sp³-hybridized carbons (Fsp3) is 0.429. The number of nitrogens with one attached hydrogen (secondary N) is 1. The van der Waals surface area contributed by atoms with Crippen LogP contribution in [0.15, 0.2) is 12.3 Å². The minimum absolute atomic E-state index is 0.0469. The standard InChI is InChI=1S/C7H10N4O2S/c8-7-9-2-1-6(11-7)10-5-3-14(12,13)4-5/h1-2,5H,3-4H2,(H3,8,9,10,11). The highest BCUT2D eigenvalue weighted by Crippen LogP contribution is 2.15. The van der Waals surface area contributed by atoms with Gasteiger partial charge in [0.25, 0.3) is 0 Å². The molecule has 1 aliphatic heterocycles. The Kier molecular flexibility index (Phi) is 2.03. The Labute approximate surface area is 81.5 Å². The number of aromatic nitrogens is 2. The predicted octanol–water partition coefficient (Wildman–Crippen LogP) is -0.732. The van der Waals surface area contributed by atoms with E-state index >= 15 is 0 Å². The lowest BCUT2D eigenvalue weighted by atomic mass is 10.3. The first-order valence-electron chi connectivity index (χ1n) is 4.11. The second kappa shape index (κ2) is 3.09. The quantitative estimate of drug-likeness (QED) is 0.673. The van der Waals surface area contributed by atoms with E-state index in [0.29, 0.717) is 5.82 Å². The van der Waals surface area contributed by atoms with Crippen molar-refractivity contribution in [3.8, 4) is 0 Å². The molecule has 76 valence electrons. The van der Waals surface area contributed by atoms with Gasteiger partial charge in [-0.2, -0.15) is 4.98 Å². The fourth-order valence-electron chi connectivity index (χ4n) is 1.31. The van der Waals surface area contributed by atoms with Crippen LogP contribution in [0.4, 0.5) is 11.8 Å². The van der Waals surface area contributed by atoms with Crippen molar-refractivity contribution < 1.29 is 8.42 Å². The van der Waals surface area contributed by atoms with Gasteiger partial charge in [0, 0.05) is 6.20 Å². The Balaban J connectivity index is 2.00. The molecular formula is C7H10N4O2S. The maximum atomic E-state index is 10.9. The summed E-state index contributed by atoms with van der Waals surface area (Å²) in [7, 11) is -2.80. The molecule has 0 atom stereocenters. The van der Waals surface area contributed by atoms with Crippen LogP contribution in [-0.4, -0.2) is 35.9 Å². The molecule has 3 N–H and O–H groups in total. The van der Waals surface area contributed by atoms with Gasteiger partial charge in [-0.25, -0.2) is 13.4 Å². The van der Waals surface area contributed by atoms with Crippen LogP contribution in [-0.2, 0) is 9.84 Å². The van der Waals surface area contributed by atoms with E-state index in [1.54, 1.807) is 6.07 Å². The summed E-state index contributed by atoms with van der Waals surface area (Å²) >= 11 is 0. The van der Waals surface area contributed by atoms with Crippen LogP contribution in [0.5, 0.6) is 0 Å². The van der Waals surface area contributed by atoms with E-state index in [1.807, 2.05) is 0 Å². The number of hydrogen-bond acceptors (Lipinski definition) is 6. The molecule has 1 aromatic heterocycles. The average molecular weight is 214 g/mol. The summed E-state index contributed by atoms with van der Waals surface area (Å²) in [6.07, 6.45) is 1.53. The molecule has 0 radical (unpaired) electrons. The zero-order valence-corrected chi connectivity index (χ0v) is 8.16. The predicted molar refractivity (Wildman–Crippen MR) is 52.5 cm³/mol. The van der Waals surface area contributed by atoms with Gasteiger partial charge in [-0.05, 0) is 6.07 Å². The highest BCUT2D eigenvalue weighted by molar-refractivity contribution is 7.92. The smallest absolute Gasteiger partial charge is 0.221 e. The van der Waals surface area contributed by atoms with Crippen molar-refractivity contribution in [3.63, 3.8) is 0 Å². The normalized spacial score (nSPS) is 20.0. The maximum absolute atomic E-state index is 10.9. The minimum Gasteiger partial charge on any atom is -0.368 e. The first kappa shape index (κ1) is 9.20. The van der Waals surface area contributed by atoms with Crippen LogP contribution in [0.25, 0.3) is 0 Å². The molecule has 0 unspecified atom stereocenters. The molecule has 0 bridgehead atoms. The van der Waals surface area contributed by atoms with Crippen molar-refractivity contribution in [2.24, 2.45) is 0 Å². The van der Waals surface area contributed by atoms with Crippen molar-refractivity contribution in [1.82, 2.24) is 9.97 Å². The number of anilines is 2. The highest BCUT2D eigenvalue weighted by atomic mass is 32.2. The van der Waals surface area contributed by atoms with Crippen LogP contribution in [0.2, 0.25) is 0 Å². The summed E-state index contributed by atoms with van der Waals surface area (Å²) in [4.78, 5) is 7.63. The zero-order valence-electron chi connectivity index (χ0n) is 7.34. The molecule has 0 aliphatic carbocycles. The SMILES string of the molecule is Nc1nccc(NC2CS(=O)(=O)C2)n1. The van der Waals surface area contributed by atoms with Crippen molar-refractivity contribution in [2.45, 2.75) is 6.04 Å². The largest absolute Gasteiger partial charge is 0.368 e. The van der Waals surface area contributed by atoms with Gasteiger partial charge in [-0.3, -0.25) is 0 Å². The molecule has 14 heavy (non-hydrogen) atoms. The molecule has 0 spiro atoms. The third-order valence-electron chi connectivity index (χ3n) is 1.94. The van der Waals surface area contributed by atoms with Crippen molar-refractivity contribution in [1.29, 1.82) is 0 Å². The Bertz CT molecular complexity index is 433. The number of sulfone groups is 1. The number of rotatable bonds is 2. The second-order valence-corrected chi connectivity index (χ2v) is 5.37. The molecule has 2 heterocycles. The molecule has 7 heteroatoms. The number of nitrogen functional groups attached to an aromatic ring is 1. The van der Waals surface area contributed by atoms with Gasteiger partial charge < -0.3 is 11.1 Å². The van der Waals surface area contributed by atoms with Gasteiger partial charge in [0.05, 0.1) is 17.5 Å². The molecule has 1 saturated heterocycles. The number of hydrogen-bond donors (Lipinski definition) is 2. The third kappa shape index (κ3) is 1.92. The van der Waals surface area contributed by atoms with Gasteiger partial charge in [-0.1, -0.05) is 0 Å². The summed E-state index contributed by atoms with van der Waals surface area (Å²) in [5.41, 5.74) is 5.37. The van der Waals surface area contributed by atoms with Crippen LogP contribution >= 0.6 is 0 Å². The fourth-order valence-corrected chi connectivity index (χ4v) is 2.61. The summed E-state index contributed by atoms with van der Waals surface area (Å²) < 4.78 is 21.7. The Hall–Kier alpha value is -1.37. The number of nitrogens with two attached hydrogens (primary N) is 1. The van der Waals surface area contributed by atoms with E-state index in [4.69, 9.17) is 5.73 Å². The first-order chi connectivity index (χ1) is 6.55. The monoisotopic (exact) mass is 214 g/mol. The van der Waals surface area contributed by atoms with Gasteiger partial charge in [0.2, 0.25) is 5.95 Å². The molecule has 1 aliphatic rings. The van der Waals surface area contributed by atoms with Crippen LogP contribution in [0.1, 0.15) is 0 Å². The molecule has 1 aromatic rings. The lowest BCUT2D eigenvalue weighted by Crippen LogP contribution is -2.46. The molecule has 0 aromatic carbocycles. The lowest BCUT2D eigenvalue weighted by Gasteiger charge is -2.26. The van der Waals surface area contributed by atoms with Crippen LogP contribution in [0, 0.1) is 0 Å². The van der Waals surface area contributed by atoms with E-state index in [0.717, 1.165) is 0 Å². The van der Waals surface area contributed by atoms with Crippen LogP contribution < -0.4 is 11.1 Å². The molecular weight excluding hydrogens is 204 g/mol. The third-order valence-corrected chi connectivity index (χ3v) is 3.76. The summed E-state index contributed by atoms with van der Waals surface area (Å²) in [5.74, 6) is 1.07. The molecule has 1 fully saturated rings. The average Bonchev–Trinajstić information content (AvgIpc) is 2.00. The van der Waals surface area contributed by atoms with Crippen LogP contribution in [0.3, 0.4) is 0 Å². The first-order valence-corrected chi connectivity index (χ1v) is 5.93. The van der Waals surface area contributed by atoms with Gasteiger partial charge in [0.15, 0.2) is 9.84 Å². The topological polar surface area (TPSA) is 98.0 Å². The van der Waals surface area contributed by atoms with E-state index < -0.39 is 9.84 Å². The van der Waals surface area contributed by atoms with Crippen molar-refractivity contribution >= 4 is 21.6 Å². The summed E-state index contributed by atoms with van der Waals surface area (Å²) in [5, 5.41) is 2.96.